The topological polar surface area (TPSA) is 106 Å². The predicted molar refractivity (Wildman–Crippen MR) is 112 cm³/mol. The Balaban J connectivity index is 1.81. The van der Waals surface area contributed by atoms with Gasteiger partial charge in [-0.25, -0.2) is 10.2 Å². The lowest BCUT2D eigenvalue weighted by atomic mass is 10.2. The molecule has 0 spiro atoms. The summed E-state index contributed by atoms with van der Waals surface area (Å²) in [5.74, 6) is -1.000. The van der Waals surface area contributed by atoms with Crippen LogP contribution in [-0.2, 0) is 19.1 Å². The van der Waals surface area contributed by atoms with E-state index in [1.165, 1.54) is 13.3 Å². The number of anilines is 1. The van der Waals surface area contributed by atoms with E-state index in [0.717, 1.165) is 5.56 Å². The first-order valence-electron chi connectivity index (χ1n) is 8.55. The van der Waals surface area contributed by atoms with Gasteiger partial charge in [-0.15, -0.1) is 0 Å². The highest BCUT2D eigenvalue weighted by atomic mass is 79.9. The Hall–Kier alpha value is -3.20. The number of carbonyl (C=O) groups is 3. The van der Waals surface area contributed by atoms with Crippen LogP contribution in [0, 0.1) is 6.92 Å². The van der Waals surface area contributed by atoms with Crippen molar-refractivity contribution in [2.45, 2.75) is 13.3 Å². The van der Waals surface area contributed by atoms with Gasteiger partial charge in [0.1, 0.15) is 12.2 Å². The highest BCUT2D eigenvalue weighted by Gasteiger charge is 2.09. The summed E-state index contributed by atoms with van der Waals surface area (Å²) in [5.41, 5.74) is 4.67. The first-order valence-corrected chi connectivity index (χ1v) is 9.34. The van der Waals surface area contributed by atoms with Crippen molar-refractivity contribution in [1.82, 2.24) is 5.43 Å². The number of hydrogen-bond donors (Lipinski definition) is 2. The van der Waals surface area contributed by atoms with E-state index in [0.29, 0.717) is 21.5 Å². The summed E-state index contributed by atoms with van der Waals surface area (Å²) in [6, 6.07) is 12.3. The van der Waals surface area contributed by atoms with E-state index in [9.17, 15) is 14.4 Å². The van der Waals surface area contributed by atoms with Crippen LogP contribution in [0.1, 0.15) is 17.5 Å². The van der Waals surface area contributed by atoms with E-state index >= 15 is 0 Å². The van der Waals surface area contributed by atoms with Gasteiger partial charge in [0.25, 0.3) is 0 Å². The molecule has 0 radical (unpaired) electrons. The van der Waals surface area contributed by atoms with Crippen LogP contribution < -0.4 is 15.5 Å². The molecular formula is C20H20BrN3O5. The molecule has 0 aliphatic carbocycles. The first-order chi connectivity index (χ1) is 13.9. The van der Waals surface area contributed by atoms with Crippen LogP contribution in [0.5, 0.6) is 5.75 Å². The van der Waals surface area contributed by atoms with E-state index in [2.05, 4.69) is 36.5 Å². The van der Waals surface area contributed by atoms with E-state index in [-0.39, 0.29) is 13.0 Å². The van der Waals surface area contributed by atoms with Crippen molar-refractivity contribution in [2.24, 2.45) is 5.10 Å². The van der Waals surface area contributed by atoms with Crippen LogP contribution in [0.15, 0.2) is 52.0 Å². The lowest BCUT2D eigenvalue weighted by Gasteiger charge is -2.07. The molecule has 0 aliphatic heterocycles. The van der Waals surface area contributed by atoms with Crippen molar-refractivity contribution in [3.63, 3.8) is 0 Å². The van der Waals surface area contributed by atoms with Crippen LogP contribution in [0.2, 0.25) is 0 Å². The number of halogens is 1. The number of carbonyl (C=O) groups excluding carboxylic acids is 3. The molecule has 0 heterocycles. The third kappa shape index (κ3) is 7.74. The Morgan fingerprint density at radius 2 is 1.83 bits per heavy atom. The molecule has 0 saturated carbocycles. The molecule has 2 amide bonds. The average molecular weight is 462 g/mol. The predicted octanol–water partition coefficient (Wildman–Crippen LogP) is 2.79. The molecule has 0 aromatic heterocycles. The van der Waals surface area contributed by atoms with Crippen molar-refractivity contribution in [3.8, 4) is 5.75 Å². The fraction of sp³-hybridized carbons (Fsp3) is 0.200. The van der Waals surface area contributed by atoms with Gasteiger partial charge in [0.05, 0.1) is 17.8 Å². The highest BCUT2D eigenvalue weighted by molar-refractivity contribution is 9.10. The first kappa shape index (κ1) is 22.1. The van der Waals surface area contributed by atoms with Crippen molar-refractivity contribution in [1.29, 1.82) is 0 Å². The number of hydrogen-bond acceptors (Lipinski definition) is 6. The molecule has 0 bridgehead atoms. The smallest absolute Gasteiger partial charge is 0.343 e. The number of nitrogens with one attached hydrogen (secondary N) is 2. The summed E-state index contributed by atoms with van der Waals surface area (Å²) < 4.78 is 10.4. The number of rotatable bonds is 8. The third-order valence-corrected chi connectivity index (χ3v) is 4.21. The van der Waals surface area contributed by atoms with Crippen LogP contribution in [0.25, 0.3) is 0 Å². The molecular weight excluding hydrogens is 442 g/mol. The SMILES string of the molecule is COC(=O)COc1ccc(C=NNC(=O)CC(=O)Nc2ccc(C)cc2)cc1Br. The summed E-state index contributed by atoms with van der Waals surface area (Å²) in [7, 11) is 1.28. The van der Waals surface area contributed by atoms with Gasteiger partial charge in [-0.05, 0) is 58.7 Å². The molecule has 0 atom stereocenters. The van der Waals surface area contributed by atoms with Gasteiger partial charge in [-0.1, -0.05) is 17.7 Å². The zero-order chi connectivity index (χ0) is 21.2. The van der Waals surface area contributed by atoms with Crippen molar-refractivity contribution in [3.05, 3.63) is 58.1 Å². The standard InChI is InChI=1S/C20H20BrN3O5/c1-13-3-6-15(7-4-13)23-18(25)10-19(26)24-22-11-14-5-8-17(16(21)9-14)29-12-20(27)28-2/h3-9,11H,10,12H2,1-2H3,(H,23,25)(H,24,26). The summed E-state index contributed by atoms with van der Waals surface area (Å²) in [5, 5.41) is 6.47. The molecule has 2 aromatic rings. The second-order valence-corrected chi connectivity index (χ2v) is 6.79. The van der Waals surface area contributed by atoms with E-state index in [1.807, 2.05) is 19.1 Å². The molecule has 2 rings (SSSR count). The number of benzene rings is 2. The number of aryl methyl sites for hydroxylation is 1. The van der Waals surface area contributed by atoms with Crippen LogP contribution in [0.4, 0.5) is 5.69 Å². The highest BCUT2D eigenvalue weighted by Crippen LogP contribution is 2.25. The Morgan fingerprint density at radius 1 is 1.10 bits per heavy atom. The maximum atomic E-state index is 11.9. The van der Waals surface area contributed by atoms with Gasteiger partial charge in [0.2, 0.25) is 11.8 Å². The Labute approximate surface area is 176 Å². The minimum absolute atomic E-state index is 0.205. The molecule has 9 heteroatoms. The van der Waals surface area contributed by atoms with Crippen LogP contribution in [0.3, 0.4) is 0 Å². The van der Waals surface area contributed by atoms with E-state index in [4.69, 9.17) is 4.74 Å². The molecule has 2 N–H and O–H groups in total. The largest absolute Gasteiger partial charge is 0.481 e. The van der Waals surface area contributed by atoms with Crippen LogP contribution >= 0.6 is 15.9 Å². The molecule has 0 saturated heterocycles. The number of methoxy groups -OCH3 is 1. The second kappa shape index (κ2) is 11.0. The summed E-state index contributed by atoms with van der Waals surface area (Å²) in [4.78, 5) is 34.8. The zero-order valence-corrected chi connectivity index (χ0v) is 17.5. The maximum Gasteiger partial charge on any atom is 0.343 e. The number of ether oxygens (including phenoxy) is 2. The fourth-order valence-corrected chi connectivity index (χ4v) is 2.63. The second-order valence-electron chi connectivity index (χ2n) is 5.94. The molecule has 0 fully saturated rings. The minimum atomic E-state index is -0.539. The monoisotopic (exact) mass is 461 g/mol. The lowest BCUT2D eigenvalue weighted by molar-refractivity contribution is -0.143. The summed E-state index contributed by atoms with van der Waals surface area (Å²) in [6.07, 6.45) is 1.07. The Kier molecular flexibility index (Phi) is 8.35. The van der Waals surface area contributed by atoms with E-state index in [1.54, 1.807) is 30.3 Å². The van der Waals surface area contributed by atoms with Gasteiger partial charge in [-0.2, -0.15) is 5.10 Å². The van der Waals surface area contributed by atoms with Crippen LogP contribution in [-0.4, -0.2) is 37.7 Å². The third-order valence-electron chi connectivity index (χ3n) is 3.59. The summed E-state index contributed by atoms with van der Waals surface area (Å²) >= 11 is 3.33. The van der Waals surface area contributed by atoms with Crippen molar-refractivity contribution < 1.29 is 23.9 Å². The number of esters is 1. The fourth-order valence-electron chi connectivity index (χ4n) is 2.12. The molecule has 0 aliphatic rings. The van der Waals surface area contributed by atoms with Gasteiger partial charge in [0, 0.05) is 5.69 Å². The molecule has 0 unspecified atom stereocenters. The lowest BCUT2D eigenvalue weighted by Crippen LogP contribution is -2.24. The van der Waals surface area contributed by atoms with Gasteiger partial charge >= 0.3 is 5.97 Å². The summed E-state index contributed by atoms with van der Waals surface area (Å²) in [6.45, 7) is 1.74. The normalized spacial score (nSPS) is 10.4. The Morgan fingerprint density at radius 3 is 2.48 bits per heavy atom. The molecule has 29 heavy (non-hydrogen) atoms. The zero-order valence-electron chi connectivity index (χ0n) is 15.9. The van der Waals surface area contributed by atoms with Crippen molar-refractivity contribution in [2.75, 3.05) is 19.0 Å². The van der Waals surface area contributed by atoms with Gasteiger partial charge < -0.3 is 14.8 Å². The minimum Gasteiger partial charge on any atom is -0.481 e. The number of nitrogens with zero attached hydrogens (tertiary/aromatic N) is 1. The van der Waals surface area contributed by atoms with Gasteiger partial charge in [-0.3, -0.25) is 9.59 Å². The van der Waals surface area contributed by atoms with Crippen molar-refractivity contribution >= 4 is 45.6 Å². The Bertz CT molecular complexity index is 913. The maximum absolute atomic E-state index is 11.9. The number of amides is 2. The molecule has 8 nitrogen and oxygen atoms in total. The number of hydrazone groups is 1. The quantitative estimate of drug-likeness (QED) is 0.272. The average Bonchev–Trinajstić information content (AvgIpc) is 2.68. The van der Waals surface area contributed by atoms with Gasteiger partial charge in [0.15, 0.2) is 6.61 Å². The molecule has 152 valence electrons. The molecule has 2 aromatic carbocycles. The van der Waals surface area contributed by atoms with E-state index < -0.39 is 17.8 Å².